The molecule has 0 aliphatic carbocycles. The van der Waals surface area contributed by atoms with Gasteiger partial charge in [0.15, 0.2) is 0 Å². The highest BCUT2D eigenvalue weighted by Crippen LogP contribution is 2.24. The van der Waals surface area contributed by atoms with E-state index in [-0.39, 0.29) is 0 Å². The van der Waals surface area contributed by atoms with Gasteiger partial charge < -0.3 is 10.1 Å². The lowest BCUT2D eigenvalue weighted by atomic mass is 9.82. The second kappa shape index (κ2) is 5.61. The molecule has 0 radical (unpaired) electrons. The number of ether oxygens (including phenoxy) is 1. The maximum Gasteiger partial charge on any atom is 0.0667 e. The third kappa shape index (κ3) is 6.05. The van der Waals surface area contributed by atoms with E-state index >= 15 is 0 Å². The predicted molar refractivity (Wildman–Crippen MR) is 58.0 cm³/mol. The van der Waals surface area contributed by atoms with Gasteiger partial charge in [0.1, 0.15) is 0 Å². The first-order chi connectivity index (χ1) is 5.88. The maximum atomic E-state index is 5.16. The highest BCUT2D eigenvalue weighted by molar-refractivity contribution is 4.72. The second-order valence-corrected chi connectivity index (χ2v) is 4.97. The Morgan fingerprint density at radius 3 is 2.08 bits per heavy atom. The van der Waals surface area contributed by atoms with Crippen molar-refractivity contribution in [2.45, 2.75) is 40.7 Å². The van der Waals surface area contributed by atoms with E-state index in [4.69, 9.17) is 4.74 Å². The second-order valence-electron chi connectivity index (χ2n) is 4.97. The van der Waals surface area contributed by atoms with Gasteiger partial charge in [0.05, 0.1) is 6.10 Å². The minimum absolute atomic E-state index is 0.312. The minimum atomic E-state index is 0.312. The molecule has 0 bridgehead atoms. The van der Waals surface area contributed by atoms with Crippen LogP contribution >= 0.6 is 0 Å². The summed E-state index contributed by atoms with van der Waals surface area (Å²) in [7, 11) is 1.75. The third-order valence-electron chi connectivity index (χ3n) is 2.76. The van der Waals surface area contributed by atoms with E-state index in [0.717, 1.165) is 13.1 Å². The molecule has 0 spiro atoms. The highest BCUT2D eigenvalue weighted by atomic mass is 16.5. The molecule has 2 heteroatoms. The van der Waals surface area contributed by atoms with Crippen LogP contribution in [0.2, 0.25) is 0 Å². The molecule has 2 unspecified atom stereocenters. The van der Waals surface area contributed by atoms with Crippen molar-refractivity contribution in [3.63, 3.8) is 0 Å². The van der Waals surface area contributed by atoms with Crippen molar-refractivity contribution in [3.05, 3.63) is 0 Å². The molecule has 2 nitrogen and oxygen atoms in total. The molecule has 2 atom stereocenters. The number of nitrogens with one attached hydrogen (secondary N) is 1. The van der Waals surface area contributed by atoms with E-state index in [0.29, 0.717) is 17.4 Å². The molecule has 0 heterocycles. The van der Waals surface area contributed by atoms with Crippen molar-refractivity contribution in [2.75, 3.05) is 20.2 Å². The molecular weight excluding hydrogens is 162 g/mol. The summed E-state index contributed by atoms with van der Waals surface area (Å²) in [5, 5.41) is 3.42. The summed E-state index contributed by atoms with van der Waals surface area (Å²) in [6.07, 6.45) is 0.312. The van der Waals surface area contributed by atoms with Crippen molar-refractivity contribution >= 4 is 0 Å². The lowest BCUT2D eigenvalue weighted by Gasteiger charge is -2.27. The van der Waals surface area contributed by atoms with Crippen LogP contribution in [0.15, 0.2) is 0 Å². The topological polar surface area (TPSA) is 21.3 Å². The lowest BCUT2D eigenvalue weighted by Crippen LogP contribution is -2.34. The molecule has 0 aliphatic rings. The molecule has 0 saturated carbocycles. The maximum absolute atomic E-state index is 5.16. The molecule has 0 aromatic carbocycles. The van der Waals surface area contributed by atoms with Gasteiger partial charge in [0, 0.05) is 13.7 Å². The highest BCUT2D eigenvalue weighted by Gasteiger charge is 2.19. The van der Waals surface area contributed by atoms with Gasteiger partial charge in [-0.15, -0.1) is 0 Å². The fraction of sp³-hybridized carbons (Fsp3) is 1.00. The van der Waals surface area contributed by atoms with Gasteiger partial charge >= 0.3 is 0 Å². The Hall–Kier alpha value is -0.0800. The van der Waals surface area contributed by atoms with Gasteiger partial charge in [-0.25, -0.2) is 0 Å². The van der Waals surface area contributed by atoms with Crippen molar-refractivity contribution < 1.29 is 4.74 Å². The summed E-state index contributed by atoms with van der Waals surface area (Å²) in [6, 6.07) is 0. The van der Waals surface area contributed by atoms with Crippen LogP contribution in [0.25, 0.3) is 0 Å². The van der Waals surface area contributed by atoms with Crippen LogP contribution in [0.5, 0.6) is 0 Å². The van der Waals surface area contributed by atoms with Gasteiger partial charge in [0.25, 0.3) is 0 Å². The van der Waals surface area contributed by atoms with Crippen molar-refractivity contribution in [3.8, 4) is 0 Å². The molecule has 0 aromatic rings. The van der Waals surface area contributed by atoms with Crippen LogP contribution in [0.3, 0.4) is 0 Å². The molecule has 80 valence electrons. The quantitative estimate of drug-likeness (QED) is 0.713. The zero-order chi connectivity index (χ0) is 10.5. The summed E-state index contributed by atoms with van der Waals surface area (Å²) in [4.78, 5) is 0. The Morgan fingerprint density at radius 2 is 1.69 bits per heavy atom. The molecule has 0 rings (SSSR count). The summed E-state index contributed by atoms with van der Waals surface area (Å²) < 4.78 is 5.16. The number of rotatable bonds is 5. The first-order valence-corrected chi connectivity index (χ1v) is 5.11. The molecule has 0 aliphatic heterocycles. The normalized spacial score (nSPS) is 17.1. The molecule has 0 fully saturated rings. The fourth-order valence-electron chi connectivity index (χ4n) is 0.893. The summed E-state index contributed by atoms with van der Waals surface area (Å²) in [6.45, 7) is 13.2. The Kier molecular flexibility index (Phi) is 5.57. The Morgan fingerprint density at radius 1 is 1.15 bits per heavy atom. The SMILES string of the molecule is COC(C)CNCC(C)C(C)(C)C. The lowest BCUT2D eigenvalue weighted by molar-refractivity contribution is 0.114. The molecule has 0 aromatic heterocycles. The first-order valence-electron chi connectivity index (χ1n) is 5.11. The first kappa shape index (κ1) is 12.9. The minimum Gasteiger partial charge on any atom is -0.380 e. The smallest absolute Gasteiger partial charge is 0.0667 e. The van der Waals surface area contributed by atoms with E-state index in [9.17, 15) is 0 Å². The average molecular weight is 187 g/mol. The van der Waals surface area contributed by atoms with E-state index in [1.165, 1.54) is 0 Å². The molecule has 1 N–H and O–H groups in total. The predicted octanol–water partition coefficient (Wildman–Crippen LogP) is 2.29. The third-order valence-corrected chi connectivity index (χ3v) is 2.76. The molecule has 0 amide bonds. The Balaban J connectivity index is 3.54. The zero-order valence-corrected chi connectivity index (χ0v) is 9.98. The van der Waals surface area contributed by atoms with Crippen LogP contribution in [0.4, 0.5) is 0 Å². The van der Waals surface area contributed by atoms with Crippen LogP contribution in [-0.4, -0.2) is 26.3 Å². The Labute approximate surface area is 83.1 Å². The molecular formula is C11H25NO. The van der Waals surface area contributed by atoms with E-state index in [1.54, 1.807) is 7.11 Å². The van der Waals surface area contributed by atoms with Crippen molar-refractivity contribution in [1.82, 2.24) is 5.32 Å². The van der Waals surface area contributed by atoms with Gasteiger partial charge in [-0.1, -0.05) is 27.7 Å². The standard InChI is InChI=1S/C11H25NO/c1-9(11(3,4)5)7-12-8-10(2)13-6/h9-10,12H,7-8H2,1-6H3. The van der Waals surface area contributed by atoms with Crippen molar-refractivity contribution in [1.29, 1.82) is 0 Å². The van der Waals surface area contributed by atoms with Crippen LogP contribution in [0, 0.1) is 11.3 Å². The zero-order valence-electron chi connectivity index (χ0n) is 9.98. The van der Waals surface area contributed by atoms with Gasteiger partial charge in [-0.2, -0.15) is 0 Å². The fourth-order valence-corrected chi connectivity index (χ4v) is 0.893. The number of hydrogen-bond acceptors (Lipinski definition) is 2. The van der Waals surface area contributed by atoms with Gasteiger partial charge in [-0.3, -0.25) is 0 Å². The van der Waals surface area contributed by atoms with Crippen LogP contribution in [0.1, 0.15) is 34.6 Å². The van der Waals surface area contributed by atoms with Crippen LogP contribution < -0.4 is 5.32 Å². The van der Waals surface area contributed by atoms with Crippen molar-refractivity contribution in [2.24, 2.45) is 11.3 Å². The summed E-state index contributed by atoms with van der Waals surface area (Å²) in [5.74, 6) is 0.691. The monoisotopic (exact) mass is 187 g/mol. The van der Waals surface area contributed by atoms with E-state index in [1.807, 2.05) is 0 Å². The van der Waals surface area contributed by atoms with E-state index in [2.05, 4.69) is 39.9 Å². The largest absolute Gasteiger partial charge is 0.380 e. The van der Waals surface area contributed by atoms with Gasteiger partial charge in [0.2, 0.25) is 0 Å². The number of hydrogen-bond donors (Lipinski definition) is 1. The van der Waals surface area contributed by atoms with E-state index < -0.39 is 0 Å². The van der Waals surface area contributed by atoms with Crippen LogP contribution in [-0.2, 0) is 4.74 Å². The summed E-state index contributed by atoms with van der Waals surface area (Å²) in [5.41, 5.74) is 0.392. The summed E-state index contributed by atoms with van der Waals surface area (Å²) >= 11 is 0. The number of methoxy groups -OCH3 is 1. The van der Waals surface area contributed by atoms with Gasteiger partial charge in [-0.05, 0) is 24.8 Å². The average Bonchev–Trinajstić information content (AvgIpc) is 2.02. The molecule has 13 heavy (non-hydrogen) atoms. The Bertz CT molecular complexity index is 129. The molecule has 0 saturated heterocycles.